The predicted octanol–water partition coefficient (Wildman–Crippen LogP) is 4.19. The van der Waals surface area contributed by atoms with Gasteiger partial charge in [-0.1, -0.05) is 32.0 Å². The third-order valence-corrected chi connectivity index (χ3v) is 4.20. The van der Waals surface area contributed by atoms with Gasteiger partial charge in [-0.15, -0.1) is 0 Å². The molecule has 0 radical (unpaired) electrons. The average molecular weight is 323 g/mol. The topological polar surface area (TPSA) is 27.1 Å². The number of halogens is 1. The van der Waals surface area contributed by atoms with Crippen LogP contribution < -0.4 is 4.74 Å². The lowest BCUT2D eigenvalue weighted by molar-refractivity contribution is 0.290. The zero-order valence-electron chi connectivity index (χ0n) is 11.8. The van der Waals surface area contributed by atoms with E-state index in [0.717, 1.165) is 21.6 Å². The Hall–Kier alpha value is -1.29. The molecule has 1 heterocycles. The first-order chi connectivity index (χ1) is 9.00. The summed E-state index contributed by atoms with van der Waals surface area (Å²) in [6, 6.07) is 8.19. The molecule has 0 aliphatic heterocycles. The molecular formula is C15H19BrN2O. The lowest BCUT2D eigenvalue weighted by Gasteiger charge is -2.14. The van der Waals surface area contributed by atoms with Crippen LogP contribution in [-0.4, -0.2) is 9.78 Å². The van der Waals surface area contributed by atoms with Gasteiger partial charge in [0.1, 0.15) is 12.4 Å². The number of hydrogen-bond donors (Lipinski definition) is 0. The van der Waals surface area contributed by atoms with E-state index in [-0.39, 0.29) is 0 Å². The Morgan fingerprint density at radius 1 is 1.32 bits per heavy atom. The lowest BCUT2D eigenvalue weighted by Crippen LogP contribution is -2.05. The first-order valence-electron chi connectivity index (χ1n) is 6.40. The monoisotopic (exact) mass is 322 g/mol. The van der Waals surface area contributed by atoms with Gasteiger partial charge in [-0.05, 0) is 40.4 Å². The summed E-state index contributed by atoms with van der Waals surface area (Å²) in [4.78, 5) is 0. The fourth-order valence-electron chi connectivity index (χ4n) is 2.07. The molecule has 0 amide bonds. The summed E-state index contributed by atoms with van der Waals surface area (Å²) in [6.45, 7) is 6.84. The van der Waals surface area contributed by atoms with Crippen molar-refractivity contribution in [1.82, 2.24) is 9.78 Å². The molecule has 0 saturated heterocycles. The van der Waals surface area contributed by atoms with Gasteiger partial charge in [0.05, 0.1) is 15.9 Å². The zero-order chi connectivity index (χ0) is 14.0. The first kappa shape index (κ1) is 14.1. The van der Waals surface area contributed by atoms with Crippen LogP contribution in [0.3, 0.4) is 0 Å². The van der Waals surface area contributed by atoms with Crippen LogP contribution in [0.4, 0.5) is 0 Å². The van der Waals surface area contributed by atoms with Crippen molar-refractivity contribution in [2.75, 3.05) is 0 Å². The quantitative estimate of drug-likeness (QED) is 0.843. The highest BCUT2D eigenvalue weighted by Crippen LogP contribution is 2.28. The van der Waals surface area contributed by atoms with Crippen molar-refractivity contribution in [3.05, 3.63) is 45.7 Å². The second kappa shape index (κ2) is 5.78. The highest BCUT2D eigenvalue weighted by atomic mass is 79.9. The molecular weight excluding hydrogens is 304 g/mol. The van der Waals surface area contributed by atoms with Gasteiger partial charge in [-0.2, -0.15) is 5.10 Å². The van der Waals surface area contributed by atoms with Gasteiger partial charge in [0.2, 0.25) is 0 Å². The fourth-order valence-corrected chi connectivity index (χ4v) is 2.52. The number of nitrogens with zero attached hydrogens (tertiary/aromatic N) is 2. The first-order valence-corrected chi connectivity index (χ1v) is 7.19. The van der Waals surface area contributed by atoms with Gasteiger partial charge in [0.15, 0.2) is 0 Å². The third-order valence-electron chi connectivity index (χ3n) is 3.17. The number of aryl methyl sites for hydroxylation is 2. The van der Waals surface area contributed by atoms with Crippen molar-refractivity contribution in [2.24, 2.45) is 7.05 Å². The second-order valence-electron chi connectivity index (χ2n) is 4.95. The van der Waals surface area contributed by atoms with E-state index in [9.17, 15) is 0 Å². The summed E-state index contributed by atoms with van der Waals surface area (Å²) < 4.78 is 8.85. The maximum Gasteiger partial charge on any atom is 0.131 e. The van der Waals surface area contributed by atoms with E-state index >= 15 is 0 Å². The maximum absolute atomic E-state index is 5.97. The molecule has 0 spiro atoms. The SMILES string of the molecule is Cc1nn(C)c(COc2ccccc2C(C)C)c1Br. The number of ether oxygens (including phenoxy) is 1. The van der Waals surface area contributed by atoms with E-state index in [1.54, 1.807) is 0 Å². The fraction of sp³-hybridized carbons (Fsp3) is 0.400. The molecule has 3 nitrogen and oxygen atoms in total. The highest BCUT2D eigenvalue weighted by Gasteiger charge is 2.13. The van der Waals surface area contributed by atoms with Gasteiger partial charge in [-0.25, -0.2) is 0 Å². The van der Waals surface area contributed by atoms with Crippen molar-refractivity contribution in [2.45, 2.75) is 33.3 Å². The Balaban J connectivity index is 2.19. The second-order valence-corrected chi connectivity index (χ2v) is 5.74. The summed E-state index contributed by atoms with van der Waals surface area (Å²) in [5, 5.41) is 4.37. The molecule has 0 atom stereocenters. The van der Waals surface area contributed by atoms with Crippen molar-refractivity contribution in [3.8, 4) is 5.75 Å². The van der Waals surface area contributed by atoms with Crippen LogP contribution in [0.25, 0.3) is 0 Å². The average Bonchev–Trinajstić information content (AvgIpc) is 2.61. The van der Waals surface area contributed by atoms with Crippen molar-refractivity contribution >= 4 is 15.9 Å². The Labute approximate surface area is 122 Å². The van der Waals surface area contributed by atoms with E-state index in [2.05, 4.69) is 40.9 Å². The molecule has 2 aromatic rings. The van der Waals surface area contributed by atoms with Crippen LogP contribution in [0.5, 0.6) is 5.75 Å². The smallest absolute Gasteiger partial charge is 0.131 e. The van der Waals surface area contributed by atoms with Crippen LogP contribution in [0.1, 0.15) is 36.7 Å². The maximum atomic E-state index is 5.97. The molecule has 2 rings (SSSR count). The van der Waals surface area contributed by atoms with E-state index in [1.807, 2.05) is 36.9 Å². The van der Waals surface area contributed by atoms with E-state index in [4.69, 9.17) is 4.74 Å². The molecule has 102 valence electrons. The minimum Gasteiger partial charge on any atom is -0.487 e. The summed E-state index contributed by atoms with van der Waals surface area (Å²) >= 11 is 3.56. The van der Waals surface area contributed by atoms with E-state index in [1.165, 1.54) is 5.56 Å². The number of hydrogen-bond acceptors (Lipinski definition) is 2. The number of rotatable bonds is 4. The molecule has 19 heavy (non-hydrogen) atoms. The van der Waals surface area contributed by atoms with E-state index in [0.29, 0.717) is 12.5 Å². The minimum atomic E-state index is 0.452. The zero-order valence-corrected chi connectivity index (χ0v) is 13.4. The van der Waals surface area contributed by atoms with Crippen LogP contribution in [0.2, 0.25) is 0 Å². The molecule has 0 unspecified atom stereocenters. The van der Waals surface area contributed by atoms with Crippen molar-refractivity contribution in [3.63, 3.8) is 0 Å². The van der Waals surface area contributed by atoms with Crippen LogP contribution in [-0.2, 0) is 13.7 Å². The summed E-state index contributed by atoms with van der Waals surface area (Å²) in [6.07, 6.45) is 0. The van der Waals surface area contributed by atoms with Gasteiger partial charge in [-0.3, -0.25) is 4.68 Å². The van der Waals surface area contributed by atoms with Crippen LogP contribution >= 0.6 is 15.9 Å². The molecule has 0 aliphatic carbocycles. The van der Waals surface area contributed by atoms with Crippen LogP contribution in [0.15, 0.2) is 28.7 Å². The van der Waals surface area contributed by atoms with E-state index < -0.39 is 0 Å². The summed E-state index contributed by atoms with van der Waals surface area (Å²) in [5.74, 6) is 1.40. The standard InChI is InChI=1S/C15H19BrN2O/c1-10(2)12-7-5-6-8-14(12)19-9-13-15(16)11(3)17-18(13)4/h5-8,10H,9H2,1-4H3. The predicted molar refractivity (Wildman–Crippen MR) is 80.5 cm³/mol. The molecule has 4 heteroatoms. The van der Waals surface area contributed by atoms with Crippen molar-refractivity contribution < 1.29 is 4.74 Å². The molecule has 0 fully saturated rings. The largest absolute Gasteiger partial charge is 0.487 e. The summed E-state index contributed by atoms with van der Waals surface area (Å²) in [7, 11) is 1.94. The molecule has 1 aromatic heterocycles. The minimum absolute atomic E-state index is 0.452. The Morgan fingerprint density at radius 2 is 2.00 bits per heavy atom. The Bertz CT molecular complexity index is 576. The van der Waals surface area contributed by atoms with Gasteiger partial charge >= 0.3 is 0 Å². The molecule has 0 aliphatic rings. The number of aromatic nitrogens is 2. The highest BCUT2D eigenvalue weighted by molar-refractivity contribution is 9.10. The molecule has 0 saturated carbocycles. The molecule has 0 N–H and O–H groups in total. The Morgan fingerprint density at radius 3 is 2.58 bits per heavy atom. The summed E-state index contributed by atoms with van der Waals surface area (Å²) in [5.41, 5.74) is 3.27. The molecule has 0 bridgehead atoms. The molecule has 1 aromatic carbocycles. The van der Waals surface area contributed by atoms with Gasteiger partial charge in [0, 0.05) is 7.05 Å². The third kappa shape index (κ3) is 3.00. The Kier molecular flexibility index (Phi) is 4.30. The van der Waals surface area contributed by atoms with Crippen LogP contribution in [0, 0.1) is 6.92 Å². The van der Waals surface area contributed by atoms with Gasteiger partial charge < -0.3 is 4.74 Å². The number of benzene rings is 1. The van der Waals surface area contributed by atoms with Gasteiger partial charge in [0.25, 0.3) is 0 Å². The lowest BCUT2D eigenvalue weighted by atomic mass is 10.0. The normalized spacial score (nSPS) is 11.1. The van der Waals surface area contributed by atoms with Crippen molar-refractivity contribution in [1.29, 1.82) is 0 Å². The number of para-hydroxylation sites is 1.